The minimum Gasteiger partial charge on any atom is -0.347 e. The standard InChI is InChI=1S/C19H20FN3O4/c1-12-10-13(2-3-14(12)20)15-11-16(22-18(25)21-15)17(24)23-6-4-19(5-7-23)26-8-9-27-19/h2-3,10-11H,4-9H2,1H3,(H,21,22,25). The molecule has 3 heterocycles. The Bertz CT molecular complexity index is 927. The fourth-order valence-electron chi connectivity index (χ4n) is 3.53. The molecule has 1 spiro atoms. The lowest BCUT2D eigenvalue weighted by Crippen LogP contribution is -2.47. The molecule has 4 rings (SSSR count). The van der Waals surface area contributed by atoms with Gasteiger partial charge in [0.1, 0.15) is 11.5 Å². The minimum atomic E-state index is -0.617. The van der Waals surface area contributed by atoms with Gasteiger partial charge in [-0.25, -0.2) is 9.18 Å². The summed E-state index contributed by atoms with van der Waals surface area (Å²) in [5.41, 5.74) is 0.908. The SMILES string of the molecule is Cc1cc(-c2cc(C(=O)N3CCC4(CC3)OCCO4)[nH]c(=O)n2)ccc1F. The quantitative estimate of drug-likeness (QED) is 0.869. The summed E-state index contributed by atoms with van der Waals surface area (Å²) in [4.78, 5) is 32.9. The van der Waals surface area contributed by atoms with Crippen LogP contribution in [-0.4, -0.2) is 52.9 Å². The Kier molecular flexibility index (Phi) is 4.53. The molecular weight excluding hydrogens is 353 g/mol. The van der Waals surface area contributed by atoms with Gasteiger partial charge in [0.15, 0.2) is 5.79 Å². The van der Waals surface area contributed by atoms with Crippen molar-refractivity contribution in [3.63, 3.8) is 0 Å². The molecule has 2 saturated heterocycles. The van der Waals surface area contributed by atoms with E-state index in [4.69, 9.17) is 9.47 Å². The first-order chi connectivity index (χ1) is 13.0. The fourth-order valence-corrected chi connectivity index (χ4v) is 3.53. The number of hydrogen-bond donors (Lipinski definition) is 1. The van der Waals surface area contributed by atoms with Crippen LogP contribution in [0.2, 0.25) is 0 Å². The van der Waals surface area contributed by atoms with Crippen LogP contribution in [0.5, 0.6) is 0 Å². The van der Waals surface area contributed by atoms with Gasteiger partial charge in [-0.05, 0) is 36.8 Å². The van der Waals surface area contributed by atoms with Crippen molar-refractivity contribution in [2.75, 3.05) is 26.3 Å². The average Bonchev–Trinajstić information content (AvgIpc) is 3.11. The van der Waals surface area contributed by atoms with Crippen molar-refractivity contribution in [3.8, 4) is 11.3 Å². The van der Waals surface area contributed by atoms with Gasteiger partial charge in [-0.1, -0.05) is 0 Å². The highest BCUT2D eigenvalue weighted by atomic mass is 19.1. The molecule has 0 saturated carbocycles. The van der Waals surface area contributed by atoms with Crippen LogP contribution in [0.3, 0.4) is 0 Å². The van der Waals surface area contributed by atoms with Crippen molar-refractivity contribution in [2.45, 2.75) is 25.6 Å². The summed E-state index contributed by atoms with van der Waals surface area (Å²) in [5, 5.41) is 0. The predicted molar refractivity (Wildman–Crippen MR) is 94.8 cm³/mol. The van der Waals surface area contributed by atoms with Gasteiger partial charge < -0.3 is 19.4 Å². The molecular formula is C19H20FN3O4. The molecule has 1 N–H and O–H groups in total. The molecule has 8 heteroatoms. The lowest BCUT2D eigenvalue weighted by atomic mass is 10.0. The molecule has 1 aromatic heterocycles. The Morgan fingerprint density at radius 2 is 1.93 bits per heavy atom. The van der Waals surface area contributed by atoms with Gasteiger partial charge in [0.25, 0.3) is 5.91 Å². The second-order valence-electron chi connectivity index (χ2n) is 6.85. The Morgan fingerprint density at radius 1 is 1.22 bits per heavy atom. The van der Waals surface area contributed by atoms with Crippen molar-refractivity contribution < 1.29 is 18.7 Å². The van der Waals surface area contributed by atoms with E-state index in [1.54, 1.807) is 17.9 Å². The van der Waals surface area contributed by atoms with Gasteiger partial charge in [0, 0.05) is 31.5 Å². The number of hydrogen-bond acceptors (Lipinski definition) is 5. The highest BCUT2D eigenvalue weighted by Gasteiger charge is 2.41. The number of nitrogens with one attached hydrogen (secondary N) is 1. The number of halogens is 1. The van der Waals surface area contributed by atoms with E-state index in [1.807, 2.05) is 0 Å². The number of carbonyl (C=O) groups is 1. The Morgan fingerprint density at radius 3 is 2.59 bits per heavy atom. The van der Waals surface area contributed by atoms with Crippen LogP contribution in [-0.2, 0) is 9.47 Å². The van der Waals surface area contributed by atoms with Gasteiger partial charge in [-0.2, -0.15) is 4.98 Å². The summed E-state index contributed by atoms with van der Waals surface area (Å²) in [6.07, 6.45) is 1.19. The number of likely N-dealkylation sites (tertiary alicyclic amines) is 1. The molecule has 2 aliphatic rings. The number of rotatable bonds is 2. The number of ether oxygens (including phenoxy) is 2. The average molecular weight is 373 g/mol. The third-order valence-corrected chi connectivity index (χ3v) is 5.05. The molecule has 0 unspecified atom stereocenters. The molecule has 1 aromatic carbocycles. The Hall–Kier alpha value is -2.58. The van der Waals surface area contributed by atoms with Crippen LogP contribution in [0, 0.1) is 12.7 Å². The molecule has 1 amide bonds. The number of nitrogens with zero attached hydrogens (tertiary/aromatic N) is 2. The number of H-pyrrole nitrogens is 1. The number of aromatic amines is 1. The summed E-state index contributed by atoms with van der Waals surface area (Å²) in [6.45, 7) is 3.75. The lowest BCUT2D eigenvalue weighted by molar-refractivity contribution is -0.181. The lowest BCUT2D eigenvalue weighted by Gasteiger charge is -2.37. The molecule has 2 aromatic rings. The number of carbonyl (C=O) groups excluding carboxylic acids is 1. The van der Waals surface area contributed by atoms with Crippen LogP contribution in [0.15, 0.2) is 29.1 Å². The van der Waals surface area contributed by atoms with Gasteiger partial charge >= 0.3 is 5.69 Å². The van der Waals surface area contributed by atoms with Gasteiger partial charge in [0.2, 0.25) is 0 Å². The Labute approximate surface area is 155 Å². The van der Waals surface area contributed by atoms with Crippen molar-refractivity contribution in [1.82, 2.24) is 14.9 Å². The first-order valence-corrected chi connectivity index (χ1v) is 8.91. The minimum absolute atomic E-state index is 0.163. The molecule has 27 heavy (non-hydrogen) atoms. The van der Waals surface area contributed by atoms with Crippen LogP contribution < -0.4 is 5.69 Å². The second kappa shape index (κ2) is 6.86. The molecule has 2 fully saturated rings. The van der Waals surface area contributed by atoms with E-state index >= 15 is 0 Å². The first kappa shape index (κ1) is 17.8. The Balaban J connectivity index is 1.56. The molecule has 2 aliphatic heterocycles. The van der Waals surface area contributed by atoms with E-state index in [9.17, 15) is 14.0 Å². The number of piperidine rings is 1. The number of amides is 1. The van der Waals surface area contributed by atoms with E-state index in [-0.39, 0.29) is 17.4 Å². The summed E-state index contributed by atoms with van der Waals surface area (Å²) in [6, 6.07) is 5.99. The van der Waals surface area contributed by atoms with Crippen LogP contribution in [0.1, 0.15) is 28.9 Å². The third kappa shape index (κ3) is 3.50. The molecule has 0 aliphatic carbocycles. The topological polar surface area (TPSA) is 84.5 Å². The van der Waals surface area contributed by atoms with E-state index in [2.05, 4.69) is 9.97 Å². The monoisotopic (exact) mass is 373 g/mol. The highest BCUT2D eigenvalue weighted by molar-refractivity contribution is 5.93. The van der Waals surface area contributed by atoms with E-state index in [0.29, 0.717) is 56.0 Å². The number of aryl methyl sites for hydroxylation is 1. The fraction of sp³-hybridized carbons (Fsp3) is 0.421. The normalized spacial score (nSPS) is 18.8. The molecule has 7 nitrogen and oxygen atoms in total. The largest absolute Gasteiger partial charge is 0.347 e. The van der Waals surface area contributed by atoms with Crippen molar-refractivity contribution in [2.24, 2.45) is 0 Å². The predicted octanol–water partition coefficient (Wildman–Crippen LogP) is 1.86. The summed E-state index contributed by atoms with van der Waals surface area (Å²) in [5.74, 6) is -1.18. The van der Waals surface area contributed by atoms with Gasteiger partial charge in [-0.3, -0.25) is 4.79 Å². The van der Waals surface area contributed by atoms with Gasteiger partial charge in [-0.15, -0.1) is 0 Å². The molecule has 142 valence electrons. The third-order valence-electron chi connectivity index (χ3n) is 5.05. The van der Waals surface area contributed by atoms with Crippen molar-refractivity contribution >= 4 is 5.91 Å². The van der Waals surface area contributed by atoms with Crippen LogP contribution in [0.25, 0.3) is 11.3 Å². The summed E-state index contributed by atoms with van der Waals surface area (Å²) in [7, 11) is 0. The van der Waals surface area contributed by atoms with E-state index < -0.39 is 11.5 Å². The molecule has 0 bridgehead atoms. The van der Waals surface area contributed by atoms with Crippen molar-refractivity contribution in [3.05, 3.63) is 51.8 Å². The van der Waals surface area contributed by atoms with E-state index in [1.165, 1.54) is 18.2 Å². The molecule has 0 radical (unpaired) electrons. The van der Waals surface area contributed by atoms with Crippen molar-refractivity contribution in [1.29, 1.82) is 0 Å². The van der Waals surface area contributed by atoms with Gasteiger partial charge in [0.05, 0.1) is 18.9 Å². The second-order valence-corrected chi connectivity index (χ2v) is 6.85. The first-order valence-electron chi connectivity index (χ1n) is 8.91. The zero-order chi connectivity index (χ0) is 19.0. The molecule has 0 atom stereocenters. The van der Waals surface area contributed by atoms with Crippen LogP contribution >= 0.6 is 0 Å². The maximum Gasteiger partial charge on any atom is 0.346 e. The zero-order valence-corrected chi connectivity index (χ0v) is 15.0. The van der Waals surface area contributed by atoms with E-state index in [0.717, 1.165) is 0 Å². The highest BCUT2D eigenvalue weighted by Crippen LogP contribution is 2.31. The summed E-state index contributed by atoms with van der Waals surface area (Å²) >= 11 is 0. The maximum absolute atomic E-state index is 13.5. The number of aromatic nitrogens is 2. The maximum atomic E-state index is 13.5. The number of benzene rings is 1. The zero-order valence-electron chi connectivity index (χ0n) is 15.0. The summed E-state index contributed by atoms with van der Waals surface area (Å²) < 4.78 is 24.8. The smallest absolute Gasteiger partial charge is 0.346 e. The van der Waals surface area contributed by atoms with Crippen LogP contribution in [0.4, 0.5) is 4.39 Å².